The lowest BCUT2D eigenvalue weighted by Gasteiger charge is -2.45. The molecule has 0 N–H and O–H groups in total. The first-order valence-corrected chi connectivity index (χ1v) is 10.9. The molecule has 7 rings (SSSR count). The van der Waals surface area contributed by atoms with Crippen LogP contribution >= 0.6 is 0 Å². The summed E-state index contributed by atoms with van der Waals surface area (Å²) >= 11 is 0. The molecule has 1 saturated heterocycles. The van der Waals surface area contributed by atoms with E-state index in [1.165, 1.54) is 27.2 Å². The van der Waals surface area contributed by atoms with Crippen LogP contribution in [0.15, 0.2) is 78.9 Å². The molecule has 2 amide bonds. The summed E-state index contributed by atoms with van der Waals surface area (Å²) in [6.07, 6.45) is 0. The fourth-order valence-electron chi connectivity index (χ4n) is 5.88. The minimum Gasteiger partial charge on any atom is -0.375 e. The Morgan fingerprint density at radius 3 is 1.58 bits per heavy atom. The van der Waals surface area contributed by atoms with E-state index in [1.54, 1.807) is 0 Å². The van der Waals surface area contributed by atoms with Crippen molar-refractivity contribution in [2.45, 2.75) is 18.4 Å². The number of hydrogen-bond donors (Lipinski definition) is 0. The lowest BCUT2D eigenvalue weighted by molar-refractivity contribution is -0.140. The number of nitrogens with zero attached hydrogens (tertiary/aromatic N) is 1. The van der Waals surface area contributed by atoms with Gasteiger partial charge in [0, 0.05) is 11.8 Å². The molecule has 1 aliphatic heterocycles. The number of ether oxygens (including phenoxy) is 1. The van der Waals surface area contributed by atoms with Crippen molar-refractivity contribution < 1.29 is 14.3 Å². The number of imide groups is 1. The van der Waals surface area contributed by atoms with Gasteiger partial charge in [-0.2, -0.15) is 0 Å². The van der Waals surface area contributed by atoms with E-state index in [9.17, 15) is 9.59 Å². The van der Waals surface area contributed by atoms with Gasteiger partial charge in [-0.1, -0.05) is 78.9 Å². The van der Waals surface area contributed by atoms with Gasteiger partial charge in [0.05, 0.1) is 31.6 Å². The van der Waals surface area contributed by atoms with Crippen LogP contribution in [0.3, 0.4) is 0 Å². The highest BCUT2D eigenvalue weighted by molar-refractivity contribution is 6.07. The van der Waals surface area contributed by atoms with Gasteiger partial charge in [-0.05, 0) is 27.8 Å². The molecule has 0 unspecified atom stereocenters. The van der Waals surface area contributed by atoms with Crippen molar-refractivity contribution in [2.24, 2.45) is 11.8 Å². The number of hydrogen-bond acceptors (Lipinski definition) is 3. The molecule has 0 radical (unpaired) electrons. The van der Waals surface area contributed by atoms with Crippen molar-refractivity contribution in [3.8, 4) is 0 Å². The van der Waals surface area contributed by atoms with Gasteiger partial charge in [-0.3, -0.25) is 14.5 Å². The number of rotatable bonds is 5. The highest BCUT2D eigenvalue weighted by atomic mass is 16.5. The molecule has 4 heteroatoms. The average Bonchev–Trinajstić information content (AvgIpc) is 3.08. The molecule has 154 valence electrons. The summed E-state index contributed by atoms with van der Waals surface area (Å²) in [5.41, 5.74) is 5.90. The minimum atomic E-state index is -0.309. The zero-order chi connectivity index (χ0) is 20.9. The summed E-state index contributed by atoms with van der Waals surface area (Å²) in [5, 5.41) is 0. The maximum Gasteiger partial charge on any atom is 0.234 e. The SMILES string of the molecule is O=C1[C@@H]2C3c4ccccc4C(c4ccccc43)[C@H]2C(=O)N1CCOCc1ccccc1. The Balaban J connectivity index is 1.28. The summed E-state index contributed by atoms with van der Waals surface area (Å²) in [5.74, 6) is -0.800. The lowest BCUT2D eigenvalue weighted by atomic mass is 9.55. The topological polar surface area (TPSA) is 46.6 Å². The van der Waals surface area contributed by atoms with Crippen molar-refractivity contribution >= 4 is 11.8 Å². The maximum atomic E-state index is 13.5. The third-order valence-electron chi connectivity index (χ3n) is 7.11. The van der Waals surface area contributed by atoms with Crippen molar-refractivity contribution in [3.63, 3.8) is 0 Å². The first-order valence-electron chi connectivity index (χ1n) is 10.9. The van der Waals surface area contributed by atoms with E-state index in [0.717, 1.165) is 5.56 Å². The van der Waals surface area contributed by atoms with Gasteiger partial charge in [0.15, 0.2) is 0 Å². The Labute approximate surface area is 181 Å². The van der Waals surface area contributed by atoms with Gasteiger partial charge >= 0.3 is 0 Å². The van der Waals surface area contributed by atoms with Crippen LogP contribution in [-0.2, 0) is 20.9 Å². The zero-order valence-electron chi connectivity index (χ0n) is 17.1. The van der Waals surface area contributed by atoms with Crippen LogP contribution in [0, 0.1) is 11.8 Å². The van der Waals surface area contributed by atoms with Gasteiger partial charge in [-0.15, -0.1) is 0 Å². The largest absolute Gasteiger partial charge is 0.375 e. The van der Waals surface area contributed by atoms with Crippen LogP contribution in [-0.4, -0.2) is 29.9 Å². The van der Waals surface area contributed by atoms with E-state index >= 15 is 0 Å². The second-order valence-electron chi connectivity index (χ2n) is 8.63. The standard InChI is InChI=1S/C27H23NO3/c29-26-24-22-18-10-4-5-11-19(18)23(21-13-7-6-12-20(21)22)25(24)27(30)28(26)14-15-31-16-17-8-2-1-3-9-17/h1-13,22-25H,14-16H2/t22?,23?,24-,25-/m1/s1. The van der Waals surface area contributed by atoms with Crippen molar-refractivity contribution in [3.05, 3.63) is 107 Å². The highest BCUT2D eigenvalue weighted by Crippen LogP contribution is 2.60. The fourth-order valence-corrected chi connectivity index (χ4v) is 5.88. The van der Waals surface area contributed by atoms with E-state index in [-0.39, 0.29) is 35.5 Å². The molecule has 1 heterocycles. The van der Waals surface area contributed by atoms with E-state index < -0.39 is 0 Å². The average molecular weight is 409 g/mol. The normalized spacial score (nSPS) is 25.4. The molecule has 2 bridgehead atoms. The molecule has 4 nitrogen and oxygen atoms in total. The smallest absolute Gasteiger partial charge is 0.234 e. The Hall–Kier alpha value is -3.24. The van der Waals surface area contributed by atoms with E-state index in [2.05, 4.69) is 24.3 Å². The molecule has 0 saturated carbocycles. The lowest BCUT2D eigenvalue weighted by Crippen LogP contribution is -2.41. The quantitative estimate of drug-likeness (QED) is 0.471. The Kier molecular flexibility index (Phi) is 4.29. The second kappa shape index (κ2) is 7.17. The van der Waals surface area contributed by atoms with Crippen molar-refractivity contribution in [1.29, 1.82) is 0 Å². The summed E-state index contributed by atoms with van der Waals surface area (Å²) < 4.78 is 5.78. The molecule has 3 aromatic carbocycles. The Bertz CT molecular complexity index is 1060. The summed E-state index contributed by atoms with van der Waals surface area (Å²) in [7, 11) is 0. The van der Waals surface area contributed by atoms with Crippen LogP contribution in [0.4, 0.5) is 0 Å². The maximum absolute atomic E-state index is 13.5. The highest BCUT2D eigenvalue weighted by Gasteiger charge is 2.61. The summed E-state index contributed by atoms with van der Waals surface area (Å²) in [4.78, 5) is 28.4. The number of carbonyl (C=O) groups is 2. The van der Waals surface area contributed by atoms with Gasteiger partial charge < -0.3 is 4.74 Å². The second-order valence-corrected chi connectivity index (χ2v) is 8.63. The molecule has 4 aliphatic rings. The minimum absolute atomic E-state index is 0.0442. The predicted octanol–water partition coefficient (Wildman–Crippen LogP) is 4.10. The van der Waals surface area contributed by atoms with Crippen LogP contribution in [0.25, 0.3) is 0 Å². The van der Waals surface area contributed by atoms with E-state index in [0.29, 0.717) is 19.8 Å². The first kappa shape index (κ1) is 18.5. The summed E-state index contributed by atoms with van der Waals surface area (Å²) in [6, 6.07) is 26.6. The monoisotopic (exact) mass is 409 g/mol. The number of carbonyl (C=O) groups excluding carboxylic acids is 2. The molecular weight excluding hydrogens is 386 g/mol. The van der Waals surface area contributed by atoms with E-state index in [1.807, 2.05) is 54.6 Å². The fraction of sp³-hybridized carbons (Fsp3) is 0.259. The Morgan fingerprint density at radius 2 is 1.10 bits per heavy atom. The van der Waals surface area contributed by atoms with Crippen molar-refractivity contribution in [1.82, 2.24) is 4.90 Å². The summed E-state index contributed by atoms with van der Waals surface area (Å²) in [6.45, 7) is 1.14. The van der Waals surface area contributed by atoms with Gasteiger partial charge in [-0.25, -0.2) is 0 Å². The van der Waals surface area contributed by atoms with Crippen molar-refractivity contribution in [2.75, 3.05) is 13.2 Å². The van der Waals surface area contributed by atoms with Crippen LogP contribution in [0.1, 0.15) is 39.7 Å². The van der Waals surface area contributed by atoms with Crippen LogP contribution < -0.4 is 0 Å². The number of benzene rings is 3. The molecule has 2 atom stereocenters. The molecular formula is C27H23NO3. The number of likely N-dealkylation sites (tertiary alicyclic amines) is 1. The third kappa shape index (κ3) is 2.71. The van der Waals surface area contributed by atoms with Gasteiger partial charge in [0.2, 0.25) is 11.8 Å². The molecule has 3 aliphatic carbocycles. The van der Waals surface area contributed by atoms with Gasteiger partial charge in [0.25, 0.3) is 0 Å². The molecule has 31 heavy (non-hydrogen) atoms. The van der Waals surface area contributed by atoms with E-state index in [4.69, 9.17) is 4.74 Å². The molecule has 3 aromatic rings. The van der Waals surface area contributed by atoms with Crippen LogP contribution in [0.2, 0.25) is 0 Å². The van der Waals surface area contributed by atoms with Gasteiger partial charge in [0.1, 0.15) is 0 Å². The molecule has 0 spiro atoms. The zero-order valence-corrected chi connectivity index (χ0v) is 17.1. The molecule has 0 aromatic heterocycles. The van der Waals surface area contributed by atoms with Crippen LogP contribution in [0.5, 0.6) is 0 Å². The number of amides is 2. The Morgan fingerprint density at radius 1 is 0.645 bits per heavy atom. The third-order valence-corrected chi connectivity index (χ3v) is 7.11. The molecule has 1 fully saturated rings. The predicted molar refractivity (Wildman–Crippen MR) is 116 cm³/mol. The first-order chi connectivity index (χ1) is 15.3.